The zero-order chi connectivity index (χ0) is 11.1. The van der Waals surface area contributed by atoms with E-state index in [2.05, 4.69) is 10.3 Å². The minimum atomic E-state index is 0.213. The van der Waals surface area contributed by atoms with Crippen LogP contribution in [0.15, 0.2) is 6.20 Å². The molecule has 0 radical (unpaired) electrons. The Labute approximate surface area is 95.0 Å². The number of carbonyl (C=O) groups is 1. The molecule has 2 bridgehead atoms. The van der Waals surface area contributed by atoms with Gasteiger partial charge in [-0.3, -0.25) is 4.79 Å². The summed E-state index contributed by atoms with van der Waals surface area (Å²) in [5, 5.41) is 7.56. The fourth-order valence-corrected chi connectivity index (χ4v) is 3.51. The average molecular weight is 219 g/mol. The van der Waals surface area contributed by atoms with E-state index in [-0.39, 0.29) is 5.78 Å². The first-order valence-electron chi connectivity index (χ1n) is 6.12. The van der Waals surface area contributed by atoms with Crippen LogP contribution in [-0.2, 0) is 7.05 Å². The minimum Gasteiger partial charge on any atom is -0.292 e. The van der Waals surface area contributed by atoms with Gasteiger partial charge < -0.3 is 0 Å². The summed E-state index contributed by atoms with van der Waals surface area (Å²) in [6, 6.07) is 0. The van der Waals surface area contributed by atoms with Crippen molar-refractivity contribution < 1.29 is 4.79 Å². The molecule has 3 unspecified atom stereocenters. The monoisotopic (exact) mass is 219 g/mol. The summed E-state index contributed by atoms with van der Waals surface area (Å²) in [4.78, 5) is 12.1. The Hall–Kier alpha value is -1.19. The van der Waals surface area contributed by atoms with Crippen LogP contribution in [0.4, 0.5) is 0 Å². The van der Waals surface area contributed by atoms with Crippen molar-refractivity contribution in [3.05, 3.63) is 11.9 Å². The molecule has 2 aliphatic carbocycles. The summed E-state index contributed by atoms with van der Waals surface area (Å²) in [7, 11) is 1.78. The molecular weight excluding hydrogens is 202 g/mol. The maximum atomic E-state index is 12.1. The Bertz CT molecular complexity index is 412. The van der Waals surface area contributed by atoms with E-state index in [1.807, 2.05) is 0 Å². The number of hydrogen-bond acceptors (Lipinski definition) is 3. The molecule has 1 aromatic heterocycles. The van der Waals surface area contributed by atoms with Crippen LogP contribution in [0.25, 0.3) is 0 Å². The molecule has 1 aromatic rings. The number of nitrogens with zero attached hydrogens (tertiary/aromatic N) is 3. The zero-order valence-electron chi connectivity index (χ0n) is 9.59. The number of hydrogen-bond donors (Lipinski definition) is 0. The lowest BCUT2D eigenvalue weighted by atomic mass is 9.85. The van der Waals surface area contributed by atoms with Gasteiger partial charge in [0.1, 0.15) is 5.69 Å². The van der Waals surface area contributed by atoms with Gasteiger partial charge in [-0.15, -0.1) is 5.10 Å². The Morgan fingerprint density at radius 2 is 2.38 bits per heavy atom. The molecule has 86 valence electrons. The van der Waals surface area contributed by atoms with Gasteiger partial charge in [0, 0.05) is 13.5 Å². The topological polar surface area (TPSA) is 47.8 Å². The highest BCUT2D eigenvalue weighted by molar-refractivity contribution is 5.94. The third-order valence-corrected chi connectivity index (χ3v) is 4.33. The van der Waals surface area contributed by atoms with Crippen molar-refractivity contribution in [3.8, 4) is 0 Å². The summed E-state index contributed by atoms with van der Waals surface area (Å²) in [5.74, 6) is 2.56. The molecule has 0 saturated heterocycles. The number of aromatic nitrogens is 3. The first-order valence-corrected chi connectivity index (χ1v) is 6.12. The maximum absolute atomic E-state index is 12.1. The molecule has 2 fully saturated rings. The third kappa shape index (κ3) is 1.56. The standard InChI is InChI=1S/C12H17N3O/c1-15-11(7-13-14-15)12(16)6-10-5-8-2-3-9(10)4-8/h7-10H,2-6H2,1H3. The lowest BCUT2D eigenvalue weighted by molar-refractivity contribution is 0.0935. The average Bonchev–Trinajstić information content (AvgIpc) is 2.92. The van der Waals surface area contributed by atoms with E-state index >= 15 is 0 Å². The van der Waals surface area contributed by atoms with Gasteiger partial charge in [-0.1, -0.05) is 11.6 Å². The van der Waals surface area contributed by atoms with Crippen molar-refractivity contribution in [3.63, 3.8) is 0 Å². The van der Waals surface area contributed by atoms with Crippen molar-refractivity contribution in [2.24, 2.45) is 24.8 Å². The normalized spacial score (nSPS) is 32.2. The second-order valence-electron chi connectivity index (χ2n) is 5.31. The van der Waals surface area contributed by atoms with Crippen molar-refractivity contribution in [2.45, 2.75) is 32.1 Å². The van der Waals surface area contributed by atoms with E-state index in [1.54, 1.807) is 17.9 Å². The lowest BCUT2D eigenvalue weighted by Crippen LogP contribution is -2.17. The number of fused-ring (bicyclic) bond motifs is 2. The highest BCUT2D eigenvalue weighted by atomic mass is 16.1. The van der Waals surface area contributed by atoms with E-state index in [0.29, 0.717) is 18.0 Å². The number of ketones is 1. The van der Waals surface area contributed by atoms with Gasteiger partial charge in [-0.25, -0.2) is 4.68 Å². The van der Waals surface area contributed by atoms with Gasteiger partial charge in [0.15, 0.2) is 5.78 Å². The highest BCUT2D eigenvalue weighted by Gasteiger charge is 2.40. The molecule has 3 rings (SSSR count). The van der Waals surface area contributed by atoms with E-state index in [9.17, 15) is 4.79 Å². The molecule has 3 atom stereocenters. The van der Waals surface area contributed by atoms with Crippen LogP contribution >= 0.6 is 0 Å². The zero-order valence-corrected chi connectivity index (χ0v) is 9.59. The molecule has 4 heteroatoms. The predicted octanol–water partition coefficient (Wildman–Crippen LogP) is 1.82. The largest absolute Gasteiger partial charge is 0.292 e. The molecule has 1 heterocycles. The molecular formula is C12H17N3O. The number of aryl methyl sites for hydroxylation is 1. The van der Waals surface area contributed by atoms with Gasteiger partial charge >= 0.3 is 0 Å². The SMILES string of the molecule is Cn1nncc1C(=O)CC1CC2CCC1C2. The van der Waals surface area contributed by atoms with Gasteiger partial charge in [-0.05, 0) is 37.0 Å². The Balaban J connectivity index is 1.67. The van der Waals surface area contributed by atoms with E-state index in [4.69, 9.17) is 0 Å². The van der Waals surface area contributed by atoms with Crippen LogP contribution in [0, 0.1) is 17.8 Å². The summed E-state index contributed by atoms with van der Waals surface area (Å²) in [5.41, 5.74) is 0.655. The molecule has 0 aromatic carbocycles. The maximum Gasteiger partial charge on any atom is 0.182 e. The lowest BCUT2D eigenvalue weighted by Gasteiger charge is -2.20. The number of rotatable bonds is 3. The van der Waals surface area contributed by atoms with Crippen LogP contribution in [0.2, 0.25) is 0 Å². The first kappa shape index (κ1) is 10.00. The smallest absolute Gasteiger partial charge is 0.182 e. The molecule has 2 saturated carbocycles. The van der Waals surface area contributed by atoms with Crippen LogP contribution in [0.5, 0.6) is 0 Å². The van der Waals surface area contributed by atoms with Crippen molar-refractivity contribution in [1.29, 1.82) is 0 Å². The summed E-state index contributed by atoms with van der Waals surface area (Å²) >= 11 is 0. The third-order valence-electron chi connectivity index (χ3n) is 4.33. The summed E-state index contributed by atoms with van der Waals surface area (Å²) in [6.07, 6.45) is 7.63. The van der Waals surface area contributed by atoms with Crippen LogP contribution in [-0.4, -0.2) is 20.8 Å². The van der Waals surface area contributed by atoms with Gasteiger partial charge in [0.2, 0.25) is 0 Å². The molecule has 0 aliphatic heterocycles. The van der Waals surface area contributed by atoms with Crippen molar-refractivity contribution >= 4 is 5.78 Å². The second-order valence-corrected chi connectivity index (χ2v) is 5.31. The molecule has 16 heavy (non-hydrogen) atoms. The quantitative estimate of drug-likeness (QED) is 0.728. The fourth-order valence-electron chi connectivity index (χ4n) is 3.51. The van der Waals surface area contributed by atoms with Gasteiger partial charge in [0.25, 0.3) is 0 Å². The molecule has 0 N–H and O–H groups in total. The van der Waals surface area contributed by atoms with Gasteiger partial charge in [0.05, 0.1) is 6.20 Å². The number of Topliss-reactive ketones (excluding diaryl/α,β-unsaturated/α-hetero) is 1. The van der Waals surface area contributed by atoms with E-state index < -0.39 is 0 Å². The second kappa shape index (κ2) is 3.68. The highest BCUT2D eigenvalue weighted by Crippen LogP contribution is 2.49. The molecule has 0 spiro atoms. The van der Waals surface area contributed by atoms with Gasteiger partial charge in [-0.2, -0.15) is 0 Å². The minimum absolute atomic E-state index is 0.213. The van der Waals surface area contributed by atoms with Crippen LogP contribution in [0.3, 0.4) is 0 Å². The van der Waals surface area contributed by atoms with Crippen molar-refractivity contribution in [1.82, 2.24) is 15.0 Å². The van der Waals surface area contributed by atoms with Crippen LogP contribution < -0.4 is 0 Å². The summed E-state index contributed by atoms with van der Waals surface area (Å²) in [6.45, 7) is 0. The predicted molar refractivity (Wildman–Crippen MR) is 58.9 cm³/mol. The Morgan fingerprint density at radius 3 is 2.94 bits per heavy atom. The Morgan fingerprint density at radius 1 is 1.50 bits per heavy atom. The molecule has 0 amide bonds. The first-order chi connectivity index (χ1) is 7.74. The van der Waals surface area contributed by atoms with E-state index in [1.165, 1.54) is 25.7 Å². The molecule has 2 aliphatic rings. The number of carbonyl (C=O) groups excluding carboxylic acids is 1. The fraction of sp³-hybridized carbons (Fsp3) is 0.750. The molecule has 4 nitrogen and oxygen atoms in total. The van der Waals surface area contributed by atoms with E-state index in [0.717, 1.165) is 11.8 Å². The van der Waals surface area contributed by atoms with Crippen LogP contribution in [0.1, 0.15) is 42.6 Å². The summed E-state index contributed by atoms with van der Waals surface area (Å²) < 4.78 is 1.58. The van der Waals surface area contributed by atoms with Crippen molar-refractivity contribution in [2.75, 3.05) is 0 Å². The Kier molecular flexibility index (Phi) is 2.30.